The number of nitrogens with two attached hydrogens (primary N) is 1. The van der Waals surface area contributed by atoms with E-state index in [2.05, 4.69) is 33.2 Å². The van der Waals surface area contributed by atoms with Gasteiger partial charge >= 0.3 is 0 Å². The Labute approximate surface area is 126 Å². The molecule has 112 valence electrons. The molecule has 0 radical (unpaired) electrons. The van der Waals surface area contributed by atoms with Crippen molar-refractivity contribution < 1.29 is 0 Å². The molecule has 1 aromatic heterocycles. The number of hydrogen-bond donors (Lipinski definition) is 1. The highest BCUT2D eigenvalue weighted by Gasteiger charge is 2.32. The van der Waals surface area contributed by atoms with E-state index in [0.717, 1.165) is 45.0 Å². The van der Waals surface area contributed by atoms with Crippen molar-refractivity contribution in [2.45, 2.75) is 25.8 Å². The molecule has 0 spiro atoms. The lowest BCUT2D eigenvalue weighted by molar-refractivity contribution is 0.0863. The highest BCUT2D eigenvalue weighted by Crippen LogP contribution is 2.17. The maximum atomic E-state index is 5.84. The molecule has 1 saturated heterocycles. The second-order valence-corrected chi connectivity index (χ2v) is 6.40. The monoisotopic (exact) mass is 295 g/mol. The predicted octanol–water partition coefficient (Wildman–Crippen LogP) is 0.645. The first-order valence-electron chi connectivity index (χ1n) is 7.15. The molecule has 5 nitrogen and oxygen atoms in total. The third-order valence-corrected chi connectivity index (χ3v) is 4.84. The normalized spacial score (nSPS) is 18.4. The molecule has 0 aromatic carbocycles. The predicted molar refractivity (Wildman–Crippen MR) is 85.8 cm³/mol. The minimum atomic E-state index is -0.179. The number of piperazine rings is 1. The molecule has 0 aliphatic carbocycles. The van der Waals surface area contributed by atoms with Crippen molar-refractivity contribution in [2.75, 3.05) is 32.7 Å². The van der Waals surface area contributed by atoms with Crippen LogP contribution in [0.5, 0.6) is 0 Å². The van der Waals surface area contributed by atoms with Crippen LogP contribution in [0.2, 0.25) is 0 Å². The van der Waals surface area contributed by atoms with Crippen LogP contribution in [0.3, 0.4) is 0 Å². The van der Waals surface area contributed by atoms with Gasteiger partial charge in [0.1, 0.15) is 5.82 Å². The first-order valence-corrected chi connectivity index (χ1v) is 7.55. The average molecular weight is 295 g/mol. The maximum Gasteiger partial charge on any atom is 0.109 e. The van der Waals surface area contributed by atoms with Gasteiger partial charge in [-0.05, 0) is 13.8 Å². The highest BCUT2D eigenvalue weighted by molar-refractivity contribution is 7.80. The van der Waals surface area contributed by atoms with Crippen LogP contribution in [0, 0.1) is 0 Å². The molecule has 1 fully saturated rings. The number of aromatic nitrogens is 2. The van der Waals surface area contributed by atoms with Crippen molar-refractivity contribution in [1.29, 1.82) is 0 Å². The zero-order valence-electron chi connectivity index (χ0n) is 12.7. The van der Waals surface area contributed by atoms with E-state index in [1.165, 1.54) is 0 Å². The van der Waals surface area contributed by atoms with Crippen molar-refractivity contribution in [3.63, 3.8) is 0 Å². The van der Waals surface area contributed by atoms with E-state index in [9.17, 15) is 0 Å². The average Bonchev–Trinajstić information content (AvgIpc) is 2.82. The minimum Gasteiger partial charge on any atom is -0.392 e. The van der Waals surface area contributed by atoms with Gasteiger partial charge in [0.15, 0.2) is 0 Å². The molecule has 0 atom stereocenters. The van der Waals surface area contributed by atoms with Gasteiger partial charge in [-0.3, -0.25) is 4.90 Å². The molecule has 0 bridgehead atoms. The second kappa shape index (κ2) is 6.20. The van der Waals surface area contributed by atoms with Gasteiger partial charge in [0.05, 0.1) is 10.5 Å². The van der Waals surface area contributed by atoms with Crippen LogP contribution in [0.1, 0.15) is 19.7 Å². The maximum absolute atomic E-state index is 5.84. The summed E-state index contributed by atoms with van der Waals surface area (Å²) in [6.07, 6.45) is 4.86. The third kappa shape index (κ3) is 3.37. The third-order valence-electron chi connectivity index (χ3n) is 4.34. The van der Waals surface area contributed by atoms with Crippen LogP contribution in [-0.4, -0.2) is 62.6 Å². The van der Waals surface area contributed by atoms with Gasteiger partial charge in [-0.2, -0.15) is 0 Å². The summed E-state index contributed by atoms with van der Waals surface area (Å²) in [7, 11) is 2.05. The molecule has 6 heteroatoms. The van der Waals surface area contributed by atoms with Crippen molar-refractivity contribution in [3.8, 4) is 0 Å². The Morgan fingerprint density at radius 2 is 2.00 bits per heavy atom. The summed E-state index contributed by atoms with van der Waals surface area (Å²) in [5.74, 6) is 1.15. The number of aryl methyl sites for hydroxylation is 1. The lowest BCUT2D eigenvalue weighted by atomic mass is 10.0. The molecular formula is C14H25N5S. The Morgan fingerprint density at radius 1 is 1.35 bits per heavy atom. The number of hydrogen-bond acceptors (Lipinski definition) is 4. The van der Waals surface area contributed by atoms with E-state index in [1.54, 1.807) is 0 Å². The molecule has 0 saturated carbocycles. The summed E-state index contributed by atoms with van der Waals surface area (Å²) < 4.78 is 2.09. The lowest BCUT2D eigenvalue weighted by Crippen LogP contribution is -2.59. The molecule has 2 N–H and O–H groups in total. The molecule has 1 aliphatic rings. The van der Waals surface area contributed by atoms with Crippen LogP contribution < -0.4 is 5.73 Å². The van der Waals surface area contributed by atoms with E-state index < -0.39 is 0 Å². The van der Waals surface area contributed by atoms with Crippen LogP contribution >= 0.6 is 12.2 Å². The van der Waals surface area contributed by atoms with E-state index in [1.807, 2.05) is 19.4 Å². The van der Waals surface area contributed by atoms with E-state index in [4.69, 9.17) is 18.0 Å². The summed E-state index contributed by atoms with van der Waals surface area (Å²) in [6, 6.07) is 0. The van der Waals surface area contributed by atoms with Gasteiger partial charge in [0, 0.05) is 58.6 Å². The number of thiocarbonyl (C=S) groups is 1. The van der Waals surface area contributed by atoms with Gasteiger partial charge < -0.3 is 15.2 Å². The SMILES string of the molecule is Cn1ccnc1CCN1CCN(C(C)(C)C(N)=S)CC1. The fourth-order valence-corrected chi connectivity index (χ4v) is 2.71. The smallest absolute Gasteiger partial charge is 0.109 e. The van der Waals surface area contributed by atoms with Gasteiger partial charge in [-0.25, -0.2) is 4.98 Å². The number of imidazole rings is 1. The van der Waals surface area contributed by atoms with Gasteiger partial charge in [0.25, 0.3) is 0 Å². The van der Waals surface area contributed by atoms with E-state index >= 15 is 0 Å². The Bertz CT molecular complexity index is 460. The Morgan fingerprint density at radius 3 is 2.50 bits per heavy atom. The summed E-state index contributed by atoms with van der Waals surface area (Å²) >= 11 is 5.17. The largest absolute Gasteiger partial charge is 0.392 e. The molecule has 2 heterocycles. The zero-order chi connectivity index (χ0) is 14.8. The molecule has 0 unspecified atom stereocenters. The zero-order valence-corrected chi connectivity index (χ0v) is 13.5. The van der Waals surface area contributed by atoms with E-state index in [-0.39, 0.29) is 5.54 Å². The van der Waals surface area contributed by atoms with Crippen LogP contribution in [0.4, 0.5) is 0 Å². The quantitative estimate of drug-likeness (QED) is 0.808. The molecular weight excluding hydrogens is 270 g/mol. The number of nitrogens with zero attached hydrogens (tertiary/aromatic N) is 4. The first-order chi connectivity index (χ1) is 9.41. The molecule has 2 rings (SSSR count). The van der Waals surface area contributed by atoms with Crippen LogP contribution in [-0.2, 0) is 13.5 Å². The van der Waals surface area contributed by atoms with Crippen molar-refractivity contribution in [2.24, 2.45) is 12.8 Å². The lowest BCUT2D eigenvalue weighted by Gasteiger charge is -2.43. The summed E-state index contributed by atoms with van der Waals surface area (Å²) in [5, 5.41) is 0. The molecule has 1 aliphatic heterocycles. The molecule has 1 aromatic rings. The molecule has 0 amide bonds. The van der Waals surface area contributed by atoms with Gasteiger partial charge in [-0.15, -0.1) is 0 Å². The minimum absolute atomic E-state index is 0.179. The van der Waals surface area contributed by atoms with Crippen molar-refractivity contribution in [3.05, 3.63) is 18.2 Å². The first kappa shape index (κ1) is 15.4. The van der Waals surface area contributed by atoms with Gasteiger partial charge in [0.2, 0.25) is 0 Å². The Balaban J connectivity index is 1.80. The Kier molecular flexibility index (Phi) is 4.78. The second-order valence-electron chi connectivity index (χ2n) is 5.96. The summed E-state index contributed by atoms with van der Waals surface area (Å²) in [4.78, 5) is 9.82. The summed E-state index contributed by atoms with van der Waals surface area (Å²) in [5.41, 5.74) is 5.66. The standard InChI is InChI=1S/C14H25N5S/c1-14(2,13(15)20)19-10-8-18(9-11-19)6-4-12-16-5-7-17(12)3/h5,7H,4,6,8-11H2,1-3H3,(H2,15,20). The van der Waals surface area contributed by atoms with E-state index in [0.29, 0.717) is 4.99 Å². The number of rotatable bonds is 5. The summed E-state index contributed by atoms with van der Waals surface area (Å²) in [6.45, 7) is 9.45. The fraction of sp³-hybridized carbons (Fsp3) is 0.714. The topological polar surface area (TPSA) is 50.3 Å². The van der Waals surface area contributed by atoms with Crippen molar-refractivity contribution >= 4 is 17.2 Å². The van der Waals surface area contributed by atoms with Crippen LogP contribution in [0.15, 0.2) is 12.4 Å². The van der Waals surface area contributed by atoms with Gasteiger partial charge in [-0.1, -0.05) is 12.2 Å². The fourth-order valence-electron chi connectivity index (χ4n) is 2.58. The van der Waals surface area contributed by atoms with Crippen LogP contribution in [0.25, 0.3) is 0 Å². The Hall–Kier alpha value is -0.980. The van der Waals surface area contributed by atoms with Crippen molar-refractivity contribution in [1.82, 2.24) is 19.4 Å². The highest BCUT2D eigenvalue weighted by atomic mass is 32.1. The molecule has 20 heavy (non-hydrogen) atoms.